The Bertz CT molecular complexity index is 806. The summed E-state index contributed by atoms with van der Waals surface area (Å²) >= 11 is 7.40. The van der Waals surface area contributed by atoms with Gasteiger partial charge >= 0.3 is 0 Å². The Labute approximate surface area is 154 Å². The molecule has 0 aromatic heterocycles. The van der Waals surface area contributed by atoms with E-state index in [9.17, 15) is 8.78 Å². The number of fused-ring (bicyclic) bond motifs is 3. The average molecular weight is 382 g/mol. The van der Waals surface area contributed by atoms with Crippen molar-refractivity contribution in [2.45, 2.75) is 30.3 Å². The molecule has 1 fully saturated rings. The van der Waals surface area contributed by atoms with Gasteiger partial charge < -0.3 is 10.1 Å². The Morgan fingerprint density at radius 1 is 1.24 bits per heavy atom. The number of halogens is 3. The van der Waals surface area contributed by atoms with E-state index < -0.39 is 11.6 Å². The molecule has 0 aliphatic carbocycles. The number of thioether (sulfide) groups is 1. The second-order valence-electron chi connectivity index (χ2n) is 6.33. The molecule has 1 saturated heterocycles. The average Bonchev–Trinajstić information content (AvgIpc) is 2.93. The number of rotatable bonds is 3. The van der Waals surface area contributed by atoms with Crippen LogP contribution in [0.2, 0.25) is 5.02 Å². The molecule has 2 aliphatic heterocycles. The highest BCUT2D eigenvalue weighted by Gasteiger charge is 2.38. The van der Waals surface area contributed by atoms with Crippen LogP contribution in [0.15, 0.2) is 29.2 Å². The van der Waals surface area contributed by atoms with Crippen LogP contribution in [-0.2, 0) is 0 Å². The van der Waals surface area contributed by atoms with Crippen molar-refractivity contribution in [3.8, 4) is 16.9 Å². The van der Waals surface area contributed by atoms with Gasteiger partial charge in [-0.3, -0.25) is 0 Å². The molecule has 1 N–H and O–H groups in total. The first-order valence-corrected chi connectivity index (χ1v) is 9.78. The van der Waals surface area contributed by atoms with Crippen molar-refractivity contribution in [2.75, 3.05) is 18.8 Å². The zero-order chi connectivity index (χ0) is 17.6. The molecule has 2 heterocycles. The second-order valence-corrected chi connectivity index (χ2v) is 8.07. The molecule has 0 radical (unpaired) electrons. The number of hydrogen-bond donors (Lipinski definition) is 1. The third-order valence-electron chi connectivity index (χ3n) is 4.77. The summed E-state index contributed by atoms with van der Waals surface area (Å²) in [6, 6.07) is 6.01. The van der Waals surface area contributed by atoms with Gasteiger partial charge in [0, 0.05) is 23.0 Å². The van der Waals surface area contributed by atoms with Crippen molar-refractivity contribution >= 4 is 23.4 Å². The third kappa shape index (κ3) is 3.03. The van der Waals surface area contributed by atoms with Crippen molar-refractivity contribution in [3.63, 3.8) is 0 Å². The summed E-state index contributed by atoms with van der Waals surface area (Å²) in [6.07, 6.45) is 1.08. The van der Waals surface area contributed by atoms with E-state index >= 15 is 0 Å². The third-order valence-corrected chi connectivity index (χ3v) is 5.89. The molecule has 2 aromatic carbocycles. The van der Waals surface area contributed by atoms with Gasteiger partial charge in [-0.1, -0.05) is 18.5 Å². The van der Waals surface area contributed by atoms with Gasteiger partial charge in [0.05, 0.1) is 10.5 Å². The smallest absolute Gasteiger partial charge is 0.137 e. The fourth-order valence-electron chi connectivity index (χ4n) is 3.69. The van der Waals surface area contributed by atoms with Crippen molar-refractivity contribution in [3.05, 3.63) is 46.5 Å². The molecule has 4 rings (SSSR count). The maximum Gasteiger partial charge on any atom is 0.137 e. The monoisotopic (exact) mass is 381 g/mol. The summed E-state index contributed by atoms with van der Waals surface area (Å²) in [5.74, 6) is 0.671. The molecule has 6 heteroatoms. The minimum absolute atomic E-state index is 0.0302. The quantitative estimate of drug-likeness (QED) is 0.735. The van der Waals surface area contributed by atoms with Crippen LogP contribution in [0.4, 0.5) is 8.78 Å². The van der Waals surface area contributed by atoms with E-state index in [2.05, 4.69) is 12.2 Å². The normalized spacial score (nSPS) is 21.6. The lowest BCUT2D eigenvalue weighted by molar-refractivity contribution is 0.169. The molecule has 0 bridgehead atoms. The predicted molar refractivity (Wildman–Crippen MR) is 97.8 cm³/mol. The van der Waals surface area contributed by atoms with Crippen LogP contribution >= 0.6 is 23.4 Å². The lowest BCUT2D eigenvalue weighted by atomic mass is 9.89. The van der Waals surface area contributed by atoms with Crippen molar-refractivity contribution < 1.29 is 13.5 Å². The second kappa shape index (κ2) is 6.78. The topological polar surface area (TPSA) is 21.3 Å². The van der Waals surface area contributed by atoms with E-state index in [1.807, 2.05) is 12.1 Å². The molecule has 2 aliphatic rings. The Balaban J connectivity index is 1.87. The van der Waals surface area contributed by atoms with E-state index in [0.717, 1.165) is 53.6 Å². The minimum atomic E-state index is -0.644. The molecule has 0 amide bonds. The first-order chi connectivity index (χ1) is 12.1. The summed E-state index contributed by atoms with van der Waals surface area (Å²) < 4.78 is 35.0. The van der Waals surface area contributed by atoms with Crippen LogP contribution in [-0.4, -0.2) is 24.9 Å². The highest BCUT2D eigenvalue weighted by atomic mass is 35.5. The highest BCUT2D eigenvalue weighted by Crippen LogP contribution is 2.48. The van der Waals surface area contributed by atoms with Crippen LogP contribution in [0, 0.1) is 11.6 Å². The van der Waals surface area contributed by atoms with Crippen LogP contribution in [0.25, 0.3) is 11.1 Å². The van der Waals surface area contributed by atoms with Gasteiger partial charge in [0.1, 0.15) is 23.5 Å². The van der Waals surface area contributed by atoms with E-state index in [0.29, 0.717) is 5.56 Å². The Hall–Kier alpha value is -1.30. The molecule has 132 valence electrons. The molecular weight excluding hydrogens is 364 g/mol. The van der Waals surface area contributed by atoms with Gasteiger partial charge in [-0.15, -0.1) is 11.8 Å². The SMILES string of the molecule is CCSc1cc(-c2c(F)cc(Cl)cc2F)cc2c1OC1CCNCC21. The summed E-state index contributed by atoms with van der Waals surface area (Å²) in [6.45, 7) is 3.80. The molecule has 2 aromatic rings. The van der Waals surface area contributed by atoms with Gasteiger partial charge in [-0.2, -0.15) is 0 Å². The Morgan fingerprint density at radius 2 is 2.00 bits per heavy atom. The van der Waals surface area contributed by atoms with Gasteiger partial charge in [-0.25, -0.2) is 8.78 Å². The minimum Gasteiger partial charge on any atom is -0.488 e. The number of piperidine rings is 1. The van der Waals surface area contributed by atoms with Crippen LogP contribution in [0.1, 0.15) is 24.8 Å². The summed E-state index contributed by atoms with van der Waals surface area (Å²) in [4.78, 5) is 0.943. The molecular formula is C19H18ClF2NOS. The number of nitrogens with one attached hydrogen (secondary N) is 1. The highest BCUT2D eigenvalue weighted by molar-refractivity contribution is 7.99. The summed E-state index contributed by atoms with van der Waals surface area (Å²) in [5, 5.41) is 3.44. The summed E-state index contributed by atoms with van der Waals surface area (Å²) in [5.41, 5.74) is 1.55. The van der Waals surface area contributed by atoms with Crippen molar-refractivity contribution in [2.24, 2.45) is 0 Å². The van der Waals surface area contributed by atoms with Crippen LogP contribution in [0.5, 0.6) is 5.75 Å². The molecule has 25 heavy (non-hydrogen) atoms. The largest absolute Gasteiger partial charge is 0.488 e. The first kappa shape index (κ1) is 17.1. The van der Waals surface area contributed by atoms with Crippen LogP contribution in [0.3, 0.4) is 0 Å². The van der Waals surface area contributed by atoms with Crippen molar-refractivity contribution in [1.29, 1.82) is 0 Å². The van der Waals surface area contributed by atoms with E-state index in [4.69, 9.17) is 16.3 Å². The lowest BCUT2D eigenvalue weighted by Crippen LogP contribution is -2.37. The fourth-order valence-corrected chi connectivity index (χ4v) is 4.70. The fraction of sp³-hybridized carbons (Fsp3) is 0.368. The first-order valence-electron chi connectivity index (χ1n) is 8.41. The van der Waals surface area contributed by atoms with Gasteiger partial charge in [0.25, 0.3) is 0 Å². The predicted octanol–water partition coefficient (Wildman–Crippen LogP) is 5.24. The number of hydrogen-bond acceptors (Lipinski definition) is 3. The van der Waals surface area contributed by atoms with E-state index in [1.54, 1.807) is 11.8 Å². The Morgan fingerprint density at radius 3 is 2.72 bits per heavy atom. The maximum atomic E-state index is 14.4. The molecule has 2 unspecified atom stereocenters. The molecule has 0 spiro atoms. The zero-order valence-corrected chi connectivity index (χ0v) is 15.3. The zero-order valence-electron chi connectivity index (χ0n) is 13.7. The molecule has 2 atom stereocenters. The molecule has 0 saturated carbocycles. The van der Waals surface area contributed by atoms with Crippen molar-refractivity contribution in [1.82, 2.24) is 5.32 Å². The van der Waals surface area contributed by atoms with Gasteiger partial charge in [0.2, 0.25) is 0 Å². The summed E-state index contributed by atoms with van der Waals surface area (Å²) in [7, 11) is 0. The number of ether oxygens (including phenoxy) is 1. The number of benzene rings is 2. The van der Waals surface area contributed by atoms with Crippen LogP contribution < -0.4 is 10.1 Å². The Kier molecular flexibility index (Phi) is 4.65. The molecule has 2 nitrogen and oxygen atoms in total. The van der Waals surface area contributed by atoms with Gasteiger partial charge in [0.15, 0.2) is 0 Å². The van der Waals surface area contributed by atoms with E-state index in [-0.39, 0.29) is 22.6 Å². The lowest BCUT2D eigenvalue weighted by Gasteiger charge is -2.24. The maximum absolute atomic E-state index is 14.4. The van der Waals surface area contributed by atoms with Gasteiger partial charge in [-0.05, 0) is 48.5 Å². The van der Waals surface area contributed by atoms with E-state index in [1.165, 1.54) is 0 Å². The standard InChI is InChI=1S/C19H18ClF2NOS/c1-2-25-17-6-10(18-14(21)7-11(20)8-15(18)22)5-12-13-9-23-4-3-16(13)24-19(12)17/h5-8,13,16,23H,2-4,9H2,1H3.